The van der Waals surface area contributed by atoms with E-state index in [-0.39, 0.29) is 29.8 Å². The van der Waals surface area contributed by atoms with Crippen molar-refractivity contribution in [2.24, 2.45) is 5.41 Å². The summed E-state index contributed by atoms with van der Waals surface area (Å²) in [5.41, 5.74) is 0.965. The van der Waals surface area contributed by atoms with E-state index in [1.807, 2.05) is 24.2 Å². The number of fused-ring (bicyclic) bond motifs is 1. The van der Waals surface area contributed by atoms with Gasteiger partial charge in [0, 0.05) is 38.7 Å². The van der Waals surface area contributed by atoms with E-state index in [2.05, 4.69) is 25.2 Å². The molecular formula is C17H22N6O2. The maximum absolute atomic E-state index is 12.4. The van der Waals surface area contributed by atoms with Crippen LogP contribution in [0, 0.1) is 5.41 Å². The third-order valence-corrected chi connectivity index (χ3v) is 5.47. The van der Waals surface area contributed by atoms with Crippen molar-refractivity contribution in [3.05, 3.63) is 18.6 Å². The quantitative estimate of drug-likeness (QED) is 0.845. The molecule has 4 rings (SSSR count). The van der Waals surface area contributed by atoms with E-state index in [1.165, 1.54) is 6.92 Å². The van der Waals surface area contributed by atoms with Crippen LogP contribution in [0.2, 0.25) is 0 Å². The topological polar surface area (TPSA) is 94.2 Å². The van der Waals surface area contributed by atoms with E-state index in [4.69, 9.17) is 0 Å². The minimum atomic E-state index is -0.182. The molecule has 1 saturated heterocycles. The Labute approximate surface area is 145 Å². The minimum Gasteiger partial charge on any atom is -0.354 e. The lowest BCUT2D eigenvalue weighted by molar-refractivity contribution is -0.131. The molecule has 25 heavy (non-hydrogen) atoms. The molecule has 2 aliphatic rings. The first-order chi connectivity index (χ1) is 12.0. The number of likely N-dealkylation sites (N-methyl/N-ethyl adjacent to an activating group) is 1. The van der Waals surface area contributed by atoms with E-state index in [9.17, 15) is 9.59 Å². The SMILES string of the molecule is CC(=O)NCC(=O)N1C[C@H](N(C)c2ncnc3[nH]ccc23)C2(CC2)C1. The van der Waals surface area contributed by atoms with Crippen molar-refractivity contribution in [1.82, 2.24) is 25.2 Å². The number of amides is 2. The lowest BCUT2D eigenvalue weighted by Gasteiger charge is -2.30. The highest BCUT2D eigenvalue weighted by atomic mass is 16.2. The van der Waals surface area contributed by atoms with Crippen LogP contribution < -0.4 is 10.2 Å². The largest absolute Gasteiger partial charge is 0.354 e. The van der Waals surface area contributed by atoms with Crippen LogP contribution in [-0.4, -0.2) is 64.4 Å². The van der Waals surface area contributed by atoms with Gasteiger partial charge in [0.05, 0.1) is 18.0 Å². The van der Waals surface area contributed by atoms with Crippen molar-refractivity contribution in [2.45, 2.75) is 25.8 Å². The highest BCUT2D eigenvalue weighted by Crippen LogP contribution is 2.55. The molecule has 1 atom stereocenters. The molecular weight excluding hydrogens is 320 g/mol. The average Bonchev–Trinajstić information content (AvgIpc) is 3.04. The summed E-state index contributed by atoms with van der Waals surface area (Å²) in [4.78, 5) is 39.4. The monoisotopic (exact) mass is 342 g/mol. The predicted molar refractivity (Wildman–Crippen MR) is 93.0 cm³/mol. The number of carbonyl (C=O) groups excluding carboxylic acids is 2. The minimum absolute atomic E-state index is 0.0214. The van der Waals surface area contributed by atoms with Crippen LogP contribution in [-0.2, 0) is 9.59 Å². The standard InChI is InChI=1S/C17H22N6O2/c1-11(24)19-7-14(25)23-8-13(17(9-23)4-5-17)22(2)16-12-3-6-18-15(12)20-10-21-16/h3,6,10,13H,4-5,7-9H2,1-2H3,(H,19,24)(H,18,20,21)/t13-/m0/s1. The van der Waals surface area contributed by atoms with Gasteiger partial charge in [0.2, 0.25) is 11.8 Å². The molecule has 1 saturated carbocycles. The molecule has 0 aromatic carbocycles. The van der Waals surface area contributed by atoms with Gasteiger partial charge in [-0.3, -0.25) is 9.59 Å². The Kier molecular flexibility index (Phi) is 3.63. The van der Waals surface area contributed by atoms with Crippen LogP contribution >= 0.6 is 0 Å². The number of hydrogen-bond donors (Lipinski definition) is 2. The molecule has 1 aliphatic carbocycles. The average molecular weight is 342 g/mol. The molecule has 0 unspecified atom stereocenters. The number of aromatic nitrogens is 3. The van der Waals surface area contributed by atoms with Gasteiger partial charge in [-0.1, -0.05) is 0 Å². The smallest absolute Gasteiger partial charge is 0.242 e. The van der Waals surface area contributed by atoms with Crippen LogP contribution in [0.15, 0.2) is 18.6 Å². The molecule has 2 aromatic heterocycles. The Morgan fingerprint density at radius 1 is 1.44 bits per heavy atom. The lowest BCUT2D eigenvalue weighted by atomic mass is 9.99. The summed E-state index contributed by atoms with van der Waals surface area (Å²) < 4.78 is 0. The summed E-state index contributed by atoms with van der Waals surface area (Å²) in [6.45, 7) is 2.90. The fourth-order valence-electron chi connectivity index (χ4n) is 3.93. The van der Waals surface area contributed by atoms with Crippen LogP contribution in [0.5, 0.6) is 0 Å². The molecule has 8 heteroatoms. The number of rotatable bonds is 4. The first-order valence-electron chi connectivity index (χ1n) is 8.53. The lowest BCUT2D eigenvalue weighted by Crippen LogP contribution is -2.42. The Balaban J connectivity index is 1.55. The van der Waals surface area contributed by atoms with Crippen molar-refractivity contribution in [3.63, 3.8) is 0 Å². The second kappa shape index (κ2) is 5.72. The molecule has 2 aromatic rings. The first-order valence-corrected chi connectivity index (χ1v) is 8.53. The van der Waals surface area contributed by atoms with Gasteiger partial charge < -0.3 is 20.1 Å². The number of anilines is 1. The summed E-state index contributed by atoms with van der Waals surface area (Å²) >= 11 is 0. The van der Waals surface area contributed by atoms with Gasteiger partial charge in [0.15, 0.2) is 0 Å². The third-order valence-electron chi connectivity index (χ3n) is 5.47. The third kappa shape index (κ3) is 2.71. The second-order valence-corrected chi connectivity index (χ2v) is 7.11. The van der Waals surface area contributed by atoms with Crippen LogP contribution in [0.3, 0.4) is 0 Å². The maximum atomic E-state index is 12.4. The van der Waals surface area contributed by atoms with E-state index in [1.54, 1.807) is 6.33 Å². The molecule has 2 amide bonds. The van der Waals surface area contributed by atoms with Crippen molar-refractivity contribution >= 4 is 28.7 Å². The van der Waals surface area contributed by atoms with Crippen LogP contribution in [0.4, 0.5) is 5.82 Å². The van der Waals surface area contributed by atoms with E-state index >= 15 is 0 Å². The molecule has 2 fully saturated rings. The van der Waals surface area contributed by atoms with Crippen LogP contribution in [0.1, 0.15) is 19.8 Å². The summed E-state index contributed by atoms with van der Waals surface area (Å²) in [6.07, 6.45) is 5.67. The number of hydrogen-bond acceptors (Lipinski definition) is 5. The molecule has 0 radical (unpaired) electrons. The van der Waals surface area contributed by atoms with E-state index in [0.717, 1.165) is 36.2 Å². The molecule has 3 heterocycles. The summed E-state index contributed by atoms with van der Waals surface area (Å²) in [7, 11) is 2.04. The fraction of sp³-hybridized carbons (Fsp3) is 0.529. The van der Waals surface area contributed by atoms with Gasteiger partial charge in [-0.25, -0.2) is 9.97 Å². The van der Waals surface area contributed by atoms with Gasteiger partial charge in [-0.15, -0.1) is 0 Å². The molecule has 2 N–H and O–H groups in total. The van der Waals surface area contributed by atoms with E-state index < -0.39 is 0 Å². The Morgan fingerprint density at radius 2 is 2.24 bits per heavy atom. The van der Waals surface area contributed by atoms with Crippen molar-refractivity contribution in [2.75, 3.05) is 31.6 Å². The van der Waals surface area contributed by atoms with Gasteiger partial charge >= 0.3 is 0 Å². The highest BCUT2D eigenvalue weighted by Gasteiger charge is 2.57. The van der Waals surface area contributed by atoms with E-state index in [0.29, 0.717) is 6.54 Å². The van der Waals surface area contributed by atoms with Gasteiger partial charge in [-0.05, 0) is 18.9 Å². The Bertz CT molecular complexity index is 827. The molecule has 132 valence electrons. The molecule has 1 aliphatic heterocycles. The number of H-pyrrole nitrogens is 1. The molecule has 1 spiro atoms. The number of aromatic amines is 1. The number of likely N-dealkylation sites (tertiary alicyclic amines) is 1. The normalized spacial score (nSPS) is 20.9. The predicted octanol–water partition coefficient (Wildman–Crippen LogP) is 0.521. The zero-order valence-corrected chi connectivity index (χ0v) is 14.5. The first kappa shape index (κ1) is 15.9. The number of nitrogens with zero attached hydrogens (tertiary/aromatic N) is 4. The van der Waals surface area contributed by atoms with Crippen LogP contribution in [0.25, 0.3) is 11.0 Å². The van der Waals surface area contributed by atoms with Gasteiger partial charge in [0.1, 0.15) is 17.8 Å². The Morgan fingerprint density at radius 3 is 2.96 bits per heavy atom. The zero-order valence-electron chi connectivity index (χ0n) is 14.5. The van der Waals surface area contributed by atoms with Crippen molar-refractivity contribution in [1.29, 1.82) is 0 Å². The van der Waals surface area contributed by atoms with Gasteiger partial charge in [-0.2, -0.15) is 0 Å². The zero-order chi connectivity index (χ0) is 17.6. The summed E-state index contributed by atoms with van der Waals surface area (Å²) in [6, 6.07) is 2.21. The fourth-order valence-corrected chi connectivity index (χ4v) is 3.93. The summed E-state index contributed by atoms with van der Waals surface area (Å²) in [5, 5.41) is 3.59. The molecule has 8 nitrogen and oxygen atoms in total. The van der Waals surface area contributed by atoms with Crippen molar-refractivity contribution in [3.8, 4) is 0 Å². The summed E-state index contributed by atoms with van der Waals surface area (Å²) in [5.74, 6) is 0.684. The number of carbonyl (C=O) groups is 2. The second-order valence-electron chi connectivity index (χ2n) is 7.11. The van der Waals surface area contributed by atoms with Crippen molar-refractivity contribution < 1.29 is 9.59 Å². The maximum Gasteiger partial charge on any atom is 0.242 e. The van der Waals surface area contributed by atoms with Gasteiger partial charge in [0.25, 0.3) is 0 Å². The Hall–Kier alpha value is -2.64. The number of nitrogens with one attached hydrogen (secondary N) is 2. The molecule has 0 bridgehead atoms. The highest BCUT2D eigenvalue weighted by molar-refractivity contribution is 5.88.